The normalized spacial score (nSPS) is 12.6. The molecule has 1 atom stereocenters. The highest BCUT2D eigenvalue weighted by atomic mass is 32.2. The molecule has 1 heterocycles. The number of hydrogen-bond acceptors (Lipinski definition) is 6. The lowest BCUT2D eigenvalue weighted by molar-refractivity contribution is 0.127. The largest absolute Gasteiger partial charge is 0.383 e. The van der Waals surface area contributed by atoms with Crippen molar-refractivity contribution < 1.29 is 14.0 Å². The lowest BCUT2D eigenvalue weighted by atomic mass is 10.2. The molecule has 0 fully saturated rings. The molecule has 19 heavy (non-hydrogen) atoms. The van der Waals surface area contributed by atoms with Crippen molar-refractivity contribution in [3.05, 3.63) is 41.8 Å². The highest BCUT2D eigenvalue weighted by molar-refractivity contribution is 7.98. The van der Waals surface area contributed by atoms with Crippen LogP contribution in [0.25, 0.3) is 0 Å². The van der Waals surface area contributed by atoms with Crippen LogP contribution in [-0.2, 0) is 5.75 Å². The Bertz CT molecular complexity index is 518. The number of benzene rings is 1. The van der Waals surface area contributed by atoms with Crippen molar-refractivity contribution in [2.24, 2.45) is 5.73 Å². The van der Waals surface area contributed by atoms with E-state index in [1.165, 1.54) is 23.9 Å². The smallest absolute Gasteiger partial charge is 0.255 e. The van der Waals surface area contributed by atoms with E-state index >= 15 is 0 Å². The van der Waals surface area contributed by atoms with Gasteiger partial charge in [-0.05, 0) is 37.2 Å². The van der Waals surface area contributed by atoms with Gasteiger partial charge in [0, 0.05) is 4.90 Å². The van der Waals surface area contributed by atoms with Gasteiger partial charge in [0.05, 0.1) is 5.75 Å². The number of nitrogens with zero attached hydrogens (tertiary/aromatic N) is 2. The third kappa shape index (κ3) is 4.02. The summed E-state index contributed by atoms with van der Waals surface area (Å²) in [4.78, 5) is 5.00. The monoisotopic (exact) mass is 283 g/mol. The van der Waals surface area contributed by atoms with Gasteiger partial charge in [-0.25, -0.2) is 4.39 Å². The molecule has 0 spiro atoms. The van der Waals surface area contributed by atoms with Crippen LogP contribution < -0.4 is 5.73 Å². The summed E-state index contributed by atoms with van der Waals surface area (Å²) < 4.78 is 17.7. The first-order valence-corrected chi connectivity index (χ1v) is 6.76. The number of aliphatic hydroxyl groups is 1. The van der Waals surface area contributed by atoms with E-state index in [2.05, 4.69) is 10.1 Å². The van der Waals surface area contributed by atoms with Crippen LogP contribution in [0.3, 0.4) is 0 Å². The van der Waals surface area contributed by atoms with Crippen LogP contribution in [0.5, 0.6) is 0 Å². The maximum absolute atomic E-state index is 12.7. The fraction of sp³-hybridized carbons (Fsp3) is 0.333. The number of rotatable bonds is 6. The van der Waals surface area contributed by atoms with E-state index in [4.69, 9.17) is 10.3 Å². The van der Waals surface area contributed by atoms with Gasteiger partial charge < -0.3 is 15.4 Å². The highest BCUT2D eigenvalue weighted by Gasteiger charge is 2.15. The summed E-state index contributed by atoms with van der Waals surface area (Å²) in [5.41, 5.74) is 5.34. The van der Waals surface area contributed by atoms with E-state index in [1.807, 2.05) is 0 Å². The maximum atomic E-state index is 12.7. The van der Waals surface area contributed by atoms with Crippen molar-refractivity contribution in [2.75, 3.05) is 6.54 Å². The molecule has 1 aromatic carbocycles. The predicted molar refractivity (Wildman–Crippen MR) is 68.9 cm³/mol. The van der Waals surface area contributed by atoms with Crippen LogP contribution in [0.4, 0.5) is 4.39 Å². The van der Waals surface area contributed by atoms with Crippen molar-refractivity contribution in [1.82, 2.24) is 10.1 Å². The summed E-state index contributed by atoms with van der Waals surface area (Å²) in [7, 11) is 0. The molecule has 0 radical (unpaired) electrons. The summed E-state index contributed by atoms with van der Waals surface area (Å²) >= 11 is 1.46. The molecule has 0 aliphatic heterocycles. The molecule has 5 nitrogen and oxygen atoms in total. The van der Waals surface area contributed by atoms with Crippen LogP contribution in [0.2, 0.25) is 0 Å². The quantitative estimate of drug-likeness (QED) is 0.787. The fourth-order valence-corrected chi connectivity index (χ4v) is 2.16. The molecule has 102 valence electrons. The summed E-state index contributed by atoms with van der Waals surface area (Å²) in [5, 5.41) is 13.4. The molecule has 2 rings (SSSR count). The molecule has 7 heteroatoms. The Morgan fingerprint density at radius 2 is 2.11 bits per heavy atom. The Morgan fingerprint density at radius 1 is 1.37 bits per heavy atom. The first-order valence-electron chi connectivity index (χ1n) is 5.78. The zero-order valence-electron chi connectivity index (χ0n) is 10.1. The lowest BCUT2D eigenvalue weighted by Gasteiger charge is -2.01. The molecule has 0 aliphatic carbocycles. The molecule has 0 saturated heterocycles. The minimum absolute atomic E-state index is 0.181. The molecule has 0 unspecified atom stereocenters. The van der Waals surface area contributed by atoms with Crippen molar-refractivity contribution in [2.45, 2.75) is 23.2 Å². The first kappa shape index (κ1) is 14.0. The van der Waals surface area contributed by atoms with Crippen LogP contribution in [0.15, 0.2) is 33.7 Å². The van der Waals surface area contributed by atoms with Crippen molar-refractivity contribution in [3.63, 3.8) is 0 Å². The first-order chi connectivity index (χ1) is 9.19. The number of thioether (sulfide) groups is 1. The predicted octanol–water partition coefficient (Wildman–Crippen LogP) is 1.88. The van der Waals surface area contributed by atoms with E-state index in [-0.39, 0.29) is 11.7 Å². The number of aliphatic hydroxyl groups excluding tert-OH is 1. The van der Waals surface area contributed by atoms with Crippen LogP contribution in [0, 0.1) is 5.82 Å². The van der Waals surface area contributed by atoms with Gasteiger partial charge in [-0.15, -0.1) is 11.8 Å². The SMILES string of the molecule is NCC[C@H](O)c1nc(CSc2ccc(F)cc2)no1. The van der Waals surface area contributed by atoms with Gasteiger partial charge in [0.25, 0.3) is 5.89 Å². The molecular weight excluding hydrogens is 269 g/mol. The third-order valence-corrected chi connectivity index (χ3v) is 3.40. The Kier molecular flexibility index (Phi) is 4.89. The molecular formula is C12H14FN3O2S. The summed E-state index contributed by atoms with van der Waals surface area (Å²) in [6, 6.07) is 6.17. The second-order valence-corrected chi connectivity index (χ2v) is 4.93. The van der Waals surface area contributed by atoms with Gasteiger partial charge in [0.1, 0.15) is 11.9 Å². The molecule has 0 saturated carbocycles. The average Bonchev–Trinajstić information content (AvgIpc) is 2.87. The second-order valence-electron chi connectivity index (χ2n) is 3.88. The zero-order chi connectivity index (χ0) is 13.7. The van der Waals surface area contributed by atoms with E-state index in [0.717, 1.165) is 4.90 Å². The van der Waals surface area contributed by atoms with E-state index in [1.54, 1.807) is 12.1 Å². The standard InChI is InChI=1S/C12H14FN3O2S/c13-8-1-3-9(4-2-8)19-7-11-15-12(18-16-11)10(17)5-6-14/h1-4,10,17H,5-7,14H2/t10-/m0/s1. The van der Waals surface area contributed by atoms with Crippen molar-refractivity contribution in [1.29, 1.82) is 0 Å². The molecule has 0 aliphatic rings. The molecule has 0 amide bonds. The molecule has 3 N–H and O–H groups in total. The van der Waals surface area contributed by atoms with E-state index in [0.29, 0.717) is 24.5 Å². The van der Waals surface area contributed by atoms with Gasteiger partial charge in [-0.1, -0.05) is 5.16 Å². The van der Waals surface area contributed by atoms with Gasteiger partial charge in [-0.3, -0.25) is 0 Å². The Hall–Kier alpha value is -1.44. The maximum Gasteiger partial charge on any atom is 0.255 e. The minimum atomic E-state index is -0.818. The highest BCUT2D eigenvalue weighted by Crippen LogP contribution is 2.22. The van der Waals surface area contributed by atoms with Crippen LogP contribution >= 0.6 is 11.8 Å². The topological polar surface area (TPSA) is 85.2 Å². The Morgan fingerprint density at radius 3 is 2.79 bits per heavy atom. The summed E-state index contributed by atoms with van der Waals surface area (Å²) in [6.07, 6.45) is -0.436. The number of nitrogens with two attached hydrogens (primary N) is 1. The number of halogens is 1. The number of aromatic nitrogens is 2. The van der Waals surface area contributed by atoms with Gasteiger partial charge in [-0.2, -0.15) is 4.98 Å². The second kappa shape index (κ2) is 6.65. The van der Waals surface area contributed by atoms with Crippen LogP contribution in [0.1, 0.15) is 24.2 Å². The molecule has 1 aromatic heterocycles. The van der Waals surface area contributed by atoms with Crippen molar-refractivity contribution >= 4 is 11.8 Å². The molecule has 0 bridgehead atoms. The van der Waals surface area contributed by atoms with Gasteiger partial charge >= 0.3 is 0 Å². The van der Waals surface area contributed by atoms with Crippen LogP contribution in [-0.4, -0.2) is 21.8 Å². The van der Waals surface area contributed by atoms with E-state index in [9.17, 15) is 9.50 Å². The minimum Gasteiger partial charge on any atom is -0.383 e. The average molecular weight is 283 g/mol. The summed E-state index contributed by atoms with van der Waals surface area (Å²) in [5.74, 6) is 0.890. The third-order valence-electron chi connectivity index (χ3n) is 2.39. The zero-order valence-corrected chi connectivity index (χ0v) is 10.9. The number of hydrogen-bond donors (Lipinski definition) is 2. The lowest BCUT2D eigenvalue weighted by Crippen LogP contribution is -2.06. The Balaban J connectivity index is 1.91. The summed E-state index contributed by atoms with van der Waals surface area (Å²) in [6.45, 7) is 0.350. The van der Waals surface area contributed by atoms with Gasteiger partial charge in [0.15, 0.2) is 5.82 Å². The fourth-order valence-electron chi connectivity index (χ4n) is 1.42. The molecule has 2 aromatic rings. The van der Waals surface area contributed by atoms with E-state index < -0.39 is 6.10 Å². The Labute approximate surface area is 114 Å². The van der Waals surface area contributed by atoms with Crippen molar-refractivity contribution in [3.8, 4) is 0 Å². The van der Waals surface area contributed by atoms with Gasteiger partial charge in [0.2, 0.25) is 0 Å².